The zero-order valence-corrected chi connectivity index (χ0v) is 12.9. The summed E-state index contributed by atoms with van der Waals surface area (Å²) >= 11 is 0. The summed E-state index contributed by atoms with van der Waals surface area (Å²) in [5.74, 6) is 0.883. The van der Waals surface area contributed by atoms with Crippen molar-refractivity contribution in [1.29, 1.82) is 0 Å². The third kappa shape index (κ3) is 4.18. The van der Waals surface area contributed by atoms with Crippen molar-refractivity contribution in [3.8, 4) is 0 Å². The van der Waals surface area contributed by atoms with E-state index in [0.717, 1.165) is 0 Å². The van der Waals surface area contributed by atoms with Crippen LogP contribution in [-0.2, 0) is 10.0 Å². The molecule has 0 radical (unpaired) electrons. The maximum absolute atomic E-state index is 12.5. The van der Waals surface area contributed by atoms with Crippen molar-refractivity contribution in [2.24, 2.45) is 5.92 Å². The summed E-state index contributed by atoms with van der Waals surface area (Å²) in [4.78, 5) is 4.39. The monoisotopic (exact) mass is 285 g/mol. The molecule has 1 N–H and O–H groups in total. The van der Waals surface area contributed by atoms with Gasteiger partial charge in [-0.15, -0.1) is 0 Å². The van der Waals surface area contributed by atoms with Crippen molar-refractivity contribution in [2.45, 2.75) is 32.6 Å². The van der Waals surface area contributed by atoms with E-state index in [9.17, 15) is 8.42 Å². The van der Waals surface area contributed by atoms with Crippen molar-refractivity contribution in [3.63, 3.8) is 0 Å². The molecule has 0 fully saturated rings. The molecule has 1 aromatic rings. The SMILES string of the molecule is CCNc1cc(S(=O)(=O)N(CC)CC(C)C)ccn1. The molecule has 0 atom stereocenters. The van der Waals surface area contributed by atoms with Crippen LogP contribution in [0.4, 0.5) is 5.82 Å². The molecule has 1 heterocycles. The molecule has 0 aliphatic heterocycles. The maximum atomic E-state index is 12.5. The normalized spacial score (nSPS) is 12.1. The van der Waals surface area contributed by atoms with Crippen LogP contribution >= 0.6 is 0 Å². The van der Waals surface area contributed by atoms with Crippen LogP contribution in [0.3, 0.4) is 0 Å². The van der Waals surface area contributed by atoms with Crippen LogP contribution in [0.1, 0.15) is 27.7 Å². The smallest absolute Gasteiger partial charge is 0.243 e. The first-order valence-corrected chi connectivity index (χ1v) is 8.05. The highest BCUT2D eigenvalue weighted by molar-refractivity contribution is 7.89. The molecule has 19 heavy (non-hydrogen) atoms. The number of pyridine rings is 1. The molecule has 1 rings (SSSR count). The fourth-order valence-corrected chi connectivity index (χ4v) is 3.43. The fraction of sp³-hybridized carbons (Fsp3) is 0.615. The highest BCUT2D eigenvalue weighted by atomic mass is 32.2. The molecule has 6 heteroatoms. The van der Waals surface area contributed by atoms with Crippen molar-refractivity contribution in [3.05, 3.63) is 18.3 Å². The molecule has 0 aliphatic carbocycles. The van der Waals surface area contributed by atoms with Crippen LogP contribution in [-0.4, -0.2) is 37.3 Å². The van der Waals surface area contributed by atoms with Crippen LogP contribution < -0.4 is 5.32 Å². The van der Waals surface area contributed by atoms with Gasteiger partial charge in [-0.1, -0.05) is 20.8 Å². The average molecular weight is 285 g/mol. The van der Waals surface area contributed by atoms with Gasteiger partial charge < -0.3 is 5.32 Å². The van der Waals surface area contributed by atoms with Crippen LogP contribution in [0.15, 0.2) is 23.2 Å². The Morgan fingerprint density at radius 3 is 2.58 bits per heavy atom. The predicted octanol–water partition coefficient (Wildman–Crippen LogP) is 2.18. The lowest BCUT2D eigenvalue weighted by Gasteiger charge is -2.22. The molecular formula is C13H23N3O2S. The molecule has 0 saturated heterocycles. The van der Waals surface area contributed by atoms with Crippen LogP contribution in [0.25, 0.3) is 0 Å². The first-order valence-electron chi connectivity index (χ1n) is 6.61. The Balaban J connectivity index is 3.07. The maximum Gasteiger partial charge on any atom is 0.243 e. The Morgan fingerprint density at radius 1 is 1.37 bits per heavy atom. The summed E-state index contributed by atoms with van der Waals surface area (Å²) in [5, 5.41) is 3.02. The van der Waals surface area contributed by atoms with Crippen molar-refractivity contribution < 1.29 is 8.42 Å². The number of hydrogen-bond acceptors (Lipinski definition) is 4. The third-order valence-electron chi connectivity index (χ3n) is 2.65. The second-order valence-corrected chi connectivity index (χ2v) is 6.69. The lowest BCUT2D eigenvalue weighted by molar-refractivity contribution is 0.381. The van der Waals surface area contributed by atoms with Crippen molar-refractivity contribution in [1.82, 2.24) is 9.29 Å². The van der Waals surface area contributed by atoms with Crippen LogP contribution in [0.5, 0.6) is 0 Å². The summed E-state index contributed by atoms with van der Waals surface area (Å²) in [6.45, 7) is 9.52. The molecule has 0 spiro atoms. The summed E-state index contributed by atoms with van der Waals surface area (Å²) in [7, 11) is -3.43. The van der Waals surface area contributed by atoms with E-state index in [1.165, 1.54) is 10.5 Å². The second-order valence-electron chi connectivity index (χ2n) is 4.76. The third-order valence-corrected chi connectivity index (χ3v) is 4.59. The van der Waals surface area contributed by atoms with Crippen molar-refractivity contribution in [2.75, 3.05) is 25.0 Å². The summed E-state index contributed by atoms with van der Waals surface area (Å²) < 4.78 is 26.6. The van der Waals surface area contributed by atoms with Crippen molar-refractivity contribution >= 4 is 15.8 Å². The molecule has 0 aliphatic rings. The zero-order chi connectivity index (χ0) is 14.5. The van der Waals surface area contributed by atoms with Gasteiger partial charge >= 0.3 is 0 Å². The minimum absolute atomic E-state index is 0.293. The van der Waals surface area contributed by atoms with Crippen LogP contribution in [0, 0.1) is 5.92 Å². The van der Waals surface area contributed by atoms with E-state index in [-0.39, 0.29) is 0 Å². The summed E-state index contributed by atoms with van der Waals surface area (Å²) in [5.41, 5.74) is 0. The average Bonchev–Trinajstić information content (AvgIpc) is 2.36. The number of sulfonamides is 1. The number of nitrogens with zero attached hydrogens (tertiary/aromatic N) is 2. The largest absolute Gasteiger partial charge is 0.370 e. The van der Waals surface area contributed by atoms with Gasteiger partial charge in [0.25, 0.3) is 0 Å². The van der Waals surface area contributed by atoms with Gasteiger partial charge in [-0.3, -0.25) is 0 Å². The lowest BCUT2D eigenvalue weighted by atomic mass is 10.2. The summed E-state index contributed by atoms with van der Waals surface area (Å²) in [6, 6.07) is 3.13. The van der Waals surface area contributed by atoms with E-state index in [0.29, 0.717) is 36.3 Å². The molecule has 0 unspecified atom stereocenters. The first kappa shape index (κ1) is 15.9. The topological polar surface area (TPSA) is 62.3 Å². The number of hydrogen-bond donors (Lipinski definition) is 1. The zero-order valence-electron chi connectivity index (χ0n) is 12.0. The highest BCUT2D eigenvalue weighted by Crippen LogP contribution is 2.18. The van der Waals surface area contributed by atoms with E-state index >= 15 is 0 Å². The molecule has 0 saturated carbocycles. The lowest BCUT2D eigenvalue weighted by Crippen LogP contribution is -2.34. The van der Waals surface area contributed by atoms with Gasteiger partial charge in [0.1, 0.15) is 5.82 Å². The quantitative estimate of drug-likeness (QED) is 0.834. The number of anilines is 1. The Kier molecular flexibility index (Phi) is 5.75. The predicted molar refractivity (Wildman–Crippen MR) is 77.7 cm³/mol. The van der Waals surface area contributed by atoms with Gasteiger partial charge in [0.05, 0.1) is 4.90 Å². The van der Waals surface area contributed by atoms with E-state index in [2.05, 4.69) is 10.3 Å². The molecule has 5 nitrogen and oxygen atoms in total. The molecule has 0 amide bonds. The van der Waals surface area contributed by atoms with Gasteiger partial charge in [0, 0.05) is 31.9 Å². The number of rotatable bonds is 7. The Labute approximate surface area is 116 Å². The molecular weight excluding hydrogens is 262 g/mol. The molecule has 108 valence electrons. The van der Waals surface area contributed by atoms with Gasteiger partial charge in [0.2, 0.25) is 10.0 Å². The van der Waals surface area contributed by atoms with Gasteiger partial charge in [0.15, 0.2) is 0 Å². The van der Waals surface area contributed by atoms with Crippen LogP contribution in [0.2, 0.25) is 0 Å². The molecule has 1 aromatic heterocycles. The van der Waals surface area contributed by atoms with E-state index in [4.69, 9.17) is 0 Å². The number of nitrogens with one attached hydrogen (secondary N) is 1. The number of aromatic nitrogens is 1. The van der Waals surface area contributed by atoms with Gasteiger partial charge in [-0.05, 0) is 18.9 Å². The highest BCUT2D eigenvalue weighted by Gasteiger charge is 2.24. The minimum atomic E-state index is -3.43. The standard InChI is InChI=1S/C13H23N3O2S/c1-5-14-13-9-12(7-8-15-13)19(17,18)16(6-2)10-11(3)4/h7-9,11H,5-6,10H2,1-4H3,(H,14,15). The van der Waals surface area contributed by atoms with E-state index in [1.807, 2.05) is 27.7 Å². The Morgan fingerprint density at radius 2 is 2.05 bits per heavy atom. The Hall–Kier alpha value is -1.14. The summed E-state index contributed by atoms with van der Waals surface area (Å²) in [6.07, 6.45) is 1.52. The van der Waals surface area contributed by atoms with Gasteiger partial charge in [-0.2, -0.15) is 4.31 Å². The minimum Gasteiger partial charge on any atom is -0.370 e. The van der Waals surface area contributed by atoms with E-state index < -0.39 is 10.0 Å². The van der Waals surface area contributed by atoms with E-state index in [1.54, 1.807) is 12.1 Å². The fourth-order valence-electron chi connectivity index (χ4n) is 1.80. The molecule has 0 bridgehead atoms. The second kappa shape index (κ2) is 6.86. The molecule has 0 aromatic carbocycles. The van der Waals surface area contributed by atoms with Gasteiger partial charge in [-0.25, -0.2) is 13.4 Å². The Bertz CT molecular complexity index is 500. The first-order chi connectivity index (χ1) is 8.91.